The summed E-state index contributed by atoms with van der Waals surface area (Å²) in [5.41, 5.74) is 0.496. The largest absolute Gasteiger partial charge is 0.484 e. The molecule has 2 N–H and O–H groups in total. The quantitative estimate of drug-likeness (QED) is 0.765. The molecule has 0 aromatic heterocycles. The van der Waals surface area contributed by atoms with E-state index in [2.05, 4.69) is 5.32 Å². The molecule has 0 aliphatic carbocycles. The maximum atomic E-state index is 11.8. The van der Waals surface area contributed by atoms with E-state index in [0.29, 0.717) is 11.3 Å². The fraction of sp³-hybridized carbons (Fsp3) is 0.500. The molecule has 1 amide bonds. The van der Waals surface area contributed by atoms with Crippen LogP contribution in [0, 0.1) is 17.2 Å². The molecule has 0 bridgehead atoms. The summed E-state index contributed by atoms with van der Waals surface area (Å²) in [7, 11) is 0. The van der Waals surface area contributed by atoms with Crippen molar-refractivity contribution in [2.24, 2.45) is 5.92 Å². The number of aliphatic hydroxyl groups is 1. The first kappa shape index (κ1) is 17.0. The van der Waals surface area contributed by atoms with Crippen molar-refractivity contribution in [3.8, 4) is 11.8 Å². The predicted molar refractivity (Wildman–Crippen MR) is 79.7 cm³/mol. The Morgan fingerprint density at radius 1 is 1.52 bits per heavy atom. The maximum absolute atomic E-state index is 11.8. The van der Waals surface area contributed by atoms with Crippen molar-refractivity contribution in [3.63, 3.8) is 0 Å². The van der Waals surface area contributed by atoms with Crippen LogP contribution in [-0.2, 0) is 4.79 Å². The van der Waals surface area contributed by atoms with Gasteiger partial charge in [0.05, 0.1) is 11.6 Å². The van der Waals surface area contributed by atoms with Gasteiger partial charge in [0.15, 0.2) is 6.61 Å². The highest BCUT2D eigenvalue weighted by Gasteiger charge is 2.14. The standard InChI is InChI=1S/C16H22N2O3/c1-3-14(7-12(2)10-19)18-16(20)11-21-15-6-4-5-13(8-15)9-17/h4-6,8,12,14,19H,3,7,10-11H2,1-2H3,(H,18,20)/t12-,14+/m0/s1. The van der Waals surface area contributed by atoms with E-state index in [0.717, 1.165) is 12.8 Å². The molecule has 0 unspecified atom stereocenters. The molecule has 5 nitrogen and oxygen atoms in total. The third-order valence-corrected chi connectivity index (χ3v) is 3.19. The fourth-order valence-electron chi connectivity index (χ4n) is 1.96. The van der Waals surface area contributed by atoms with Crippen LogP contribution in [0.3, 0.4) is 0 Å². The molecule has 0 fully saturated rings. The molecule has 1 aromatic rings. The number of carbonyl (C=O) groups excluding carboxylic acids is 1. The van der Waals surface area contributed by atoms with Gasteiger partial charge in [-0.2, -0.15) is 5.26 Å². The predicted octanol–water partition coefficient (Wildman–Crippen LogP) is 1.85. The number of ether oxygens (including phenoxy) is 1. The van der Waals surface area contributed by atoms with Gasteiger partial charge < -0.3 is 15.2 Å². The van der Waals surface area contributed by atoms with Gasteiger partial charge in [-0.05, 0) is 37.0 Å². The number of carbonyl (C=O) groups is 1. The number of hydrogen-bond donors (Lipinski definition) is 2. The van der Waals surface area contributed by atoms with E-state index in [1.807, 2.05) is 19.9 Å². The number of nitrogens with zero attached hydrogens (tertiary/aromatic N) is 1. The SMILES string of the molecule is CC[C@H](C[C@H](C)CO)NC(=O)COc1cccc(C#N)c1. The summed E-state index contributed by atoms with van der Waals surface area (Å²) in [6.45, 7) is 3.97. The molecular formula is C16H22N2O3. The van der Waals surface area contributed by atoms with Crippen molar-refractivity contribution in [1.82, 2.24) is 5.32 Å². The molecule has 0 aliphatic heterocycles. The fourth-order valence-corrected chi connectivity index (χ4v) is 1.96. The Balaban J connectivity index is 2.44. The third kappa shape index (κ3) is 6.28. The van der Waals surface area contributed by atoms with Crippen molar-refractivity contribution in [1.29, 1.82) is 5.26 Å². The molecule has 0 aliphatic rings. The first-order chi connectivity index (χ1) is 10.1. The van der Waals surface area contributed by atoms with E-state index in [1.54, 1.807) is 24.3 Å². The summed E-state index contributed by atoms with van der Waals surface area (Å²) >= 11 is 0. The Kier molecular flexibility index (Phi) is 7.27. The summed E-state index contributed by atoms with van der Waals surface area (Å²) in [6.07, 6.45) is 1.54. The average molecular weight is 290 g/mol. The van der Waals surface area contributed by atoms with E-state index in [-0.39, 0.29) is 31.1 Å². The van der Waals surface area contributed by atoms with Crippen LogP contribution in [0.5, 0.6) is 5.75 Å². The van der Waals surface area contributed by atoms with Crippen LogP contribution in [0.15, 0.2) is 24.3 Å². The zero-order chi connectivity index (χ0) is 15.7. The molecule has 1 aromatic carbocycles. The Morgan fingerprint density at radius 2 is 2.29 bits per heavy atom. The smallest absolute Gasteiger partial charge is 0.258 e. The van der Waals surface area contributed by atoms with Crippen LogP contribution in [0.2, 0.25) is 0 Å². The Morgan fingerprint density at radius 3 is 2.90 bits per heavy atom. The Bertz CT molecular complexity index is 497. The summed E-state index contributed by atoms with van der Waals surface area (Å²) in [5, 5.41) is 20.7. The monoisotopic (exact) mass is 290 g/mol. The van der Waals surface area contributed by atoms with Crippen LogP contribution in [0.1, 0.15) is 32.3 Å². The van der Waals surface area contributed by atoms with E-state index in [9.17, 15) is 4.79 Å². The van der Waals surface area contributed by atoms with Gasteiger partial charge in [0.2, 0.25) is 0 Å². The highest BCUT2D eigenvalue weighted by Crippen LogP contribution is 2.12. The molecule has 1 rings (SSSR count). The highest BCUT2D eigenvalue weighted by molar-refractivity contribution is 5.77. The number of benzene rings is 1. The number of aliphatic hydroxyl groups excluding tert-OH is 1. The zero-order valence-electron chi connectivity index (χ0n) is 12.5. The van der Waals surface area contributed by atoms with E-state index >= 15 is 0 Å². The summed E-state index contributed by atoms with van der Waals surface area (Å²) in [4.78, 5) is 11.8. The van der Waals surface area contributed by atoms with E-state index in [4.69, 9.17) is 15.1 Å². The van der Waals surface area contributed by atoms with Gasteiger partial charge >= 0.3 is 0 Å². The van der Waals surface area contributed by atoms with Gasteiger partial charge in [0.1, 0.15) is 5.75 Å². The van der Waals surface area contributed by atoms with Crippen molar-refractivity contribution < 1.29 is 14.6 Å². The van der Waals surface area contributed by atoms with Gasteiger partial charge in [0.25, 0.3) is 5.91 Å². The normalized spacial score (nSPS) is 13.0. The lowest BCUT2D eigenvalue weighted by Gasteiger charge is -2.20. The van der Waals surface area contributed by atoms with Gasteiger partial charge in [-0.3, -0.25) is 4.79 Å². The molecule has 2 atom stereocenters. The second kappa shape index (κ2) is 8.98. The lowest BCUT2D eigenvalue weighted by molar-refractivity contribution is -0.124. The van der Waals surface area contributed by atoms with Gasteiger partial charge in [-0.15, -0.1) is 0 Å². The second-order valence-corrected chi connectivity index (χ2v) is 5.12. The van der Waals surface area contributed by atoms with Crippen LogP contribution in [0.4, 0.5) is 0 Å². The molecule has 0 saturated heterocycles. The van der Waals surface area contributed by atoms with Crippen LogP contribution >= 0.6 is 0 Å². The molecule has 0 spiro atoms. The molecular weight excluding hydrogens is 268 g/mol. The molecule has 0 heterocycles. The molecule has 5 heteroatoms. The number of nitrogens with one attached hydrogen (secondary N) is 1. The van der Waals surface area contributed by atoms with E-state index < -0.39 is 0 Å². The van der Waals surface area contributed by atoms with Crippen molar-refractivity contribution in [2.75, 3.05) is 13.2 Å². The average Bonchev–Trinajstić information content (AvgIpc) is 2.52. The zero-order valence-corrected chi connectivity index (χ0v) is 12.5. The van der Waals surface area contributed by atoms with Crippen LogP contribution in [0.25, 0.3) is 0 Å². The number of rotatable bonds is 8. The van der Waals surface area contributed by atoms with Gasteiger partial charge in [-0.1, -0.05) is 19.9 Å². The molecule has 114 valence electrons. The minimum atomic E-state index is -0.200. The van der Waals surface area contributed by atoms with E-state index in [1.165, 1.54) is 0 Å². The maximum Gasteiger partial charge on any atom is 0.258 e. The minimum Gasteiger partial charge on any atom is -0.484 e. The van der Waals surface area contributed by atoms with Crippen molar-refractivity contribution in [3.05, 3.63) is 29.8 Å². The van der Waals surface area contributed by atoms with Crippen LogP contribution in [-0.4, -0.2) is 30.3 Å². The molecule has 21 heavy (non-hydrogen) atoms. The Hall–Kier alpha value is -2.06. The highest BCUT2D eigenvalue weighted by atomic mass is 16.5. The lowest BCUT2D eigenvalue weighted by atomic mass is 10.0. The summed E-state index contributed by atoms with van der Waals surface area (Å²) in [5.74, 6) is 0.457. The van der Waals surface area contributed by atoms with Gasteiger partial charge in [-0.25, -0.2) is 0 Å². The van der Waals surface area contributed by atoms with Gasteiger partial charge in [0, 0.05) is 12.6 Å². The summed E-state index contributed by atoms with van der Waals surface area (Å²) < 4.78 is 5.37. The van der Waals surface area contributed by atoms with Crippen molar-refractivity contribution in [2.45, 2.75) is 32.7 Å². The van der Waals surface area contributed by atoms with Crippen LogP contribution < -0.4 is 10.1 Å². The van der Waals surface area contributed by atoms with Crippen molar-refractivity contribution >= 4 is 5.91 Å². The number of amides is 1. The first-order valence-corrected chi connectivity index (χ1v) is 7.12. The lowest BCUT2D eigenvalue weighted by Crippen LogP contribution is -2.38. The number of nitriles is 1. The molecule has 0 saturated carbocycles. The summed E-state index contributed by atoms with van der Waals surface area (Å²) in [6, 6.07) is 8.75. The first-order valence-electron chi connectivity index (χ1n) is 7.12. The number of hydrogen-bond acceptors (Lipinski definition) is 4. The third-order valence-electron chi connectivity index (χ3n) is 3.19. The second-order valence-electron chi connectivity index (χ2n) is 5.12. The molecule has 0 radical (unpaired) electrons. The Labute approximate surface area is 125 Å². The minimum absolute atomic E-state index is 0.0358. The topological polar surface area (TPSA) is 82.3 Å².